The van der Waals surface area contributed by atoms with Gasteiger partial charge in [0, 0.05) is 42.7 Å². The smallest absolute Gasteiger partial charge is 0.257 e. The maximum atomic E-state index is 12.9. The van der Waals surface area contributed by atoms with E-state index in [0.29, 0.717) is 41.0 Å². The van der Waals surface area contributed by atoms with Gasteiger partial charge in [0.05, 0.1) is 24.5 Å². The number of carbonyl (C=O) groups excluding carboxylic acids is 2. The SMILES string of the molecule is Cc1csc(NC(=O)c2cc(Oc3ncc(C(=O)N4CCC4)cc3Cl)cc(O[C@H]3CCOC3)c2)n1. The van der Waals surface area contributed by atoms with Gasteiger partial charge in [-0.1, -0.05) is 11.6 Å². The lowest BCUT2D eigenvalue weighted by molar-refractivity contribution is 0.0651. The van der Waals surface area contributed by atoms with Gasteiger partial charge in [0.25, 0.3) is 11.8 Å². The number of aryl methyl sites for hydroxylation is 1. The van der Waals surface area contributed by atoms with E-state index in [1.54, 1.807) is 29.2 Å². The number of amides is 2. The number of thiazole rings is 1. The Morgan fingerprint density at radius 2 is 2.03 bits per heavy atom. The summed E-state index contributed by atoms with van der Waals surface area (Å²) < 4.78 is 17.3. The van der Waals surface area contributed by atoms with E-state index in [2.05, 4.69) is 15.3 Å². The number of likely N-dealkylation sites (tertiary alicyclic amines) is 1. The molecule has 1 aromatic carbocycles. The molecule has 2 amide bonds. The third kappa shape index (κ3) is 5.55. The maximum absolute atomic E-state index is 12.9. The van der Waals surface area contributed by atoms with Crippen LogP contribution in [-0.4, -0.2) is 59.1 Å². The molecular weight excluding hydrogens is 492 g/mol. The Morgan fingerprint density at radius 3 is 2.69 bits per heavy atom. The maximum Gasteiger partial charge on any atom is 0.257 e. The van der Waals surface area contributed by atoms with Crippen molar-refractivity contribution in [2.45, 2.75) is 25.9 Å². The summed E-state index contributed by atoms with van der Waals surface area (Å²) in [6.45, 7) is 4.43. The number of hydrogen-bond acceptors (Lipinski definition) is 8. The molecule has 2 saturated heterocycles. The van der Waals surface area contributed by atoms with Crippen molar-refractivity contribution in [3.63, 3.8) is 0 Å². The van der Waals surface area contributed by atoms with Gasteiger partial charge in [0.1, 0.15) is 22.6 Å². The molecule has 1 N–H and O–H groups in total. The number of pyridine rings is 1. The molecule has 0 spiro atoms. The minimum Gasteiger partial charge on any atom is -0.488 e. The number of halogens is 1. The van der Waals surface area contributed by atoms with E-state index < -0.39 is 0 Å². The van der Waals surface area contributed by atoms with Crippen molar-refractivity contribution in [1.29, 1.82) is 0 Å². The van der Waals surface area contributed by atoms with Crippen molar-refractivity contribution < 1.29 is 23.8 Å². The number of rotatable bonds is 7. The second-order valence-electron chi connectivity index (χ2n) is 8.30. The summed E-state index contributed by atoms with van der Waals surface area (Å²) in [6.07, 6.45) is 3.08. The molecule has 4 heterocycles. The van der Waals surface area contributed by atoms with Crippen molar-refractivity contribution in [3.05, 3.63) is 57.7 Å². The van der Waals surface area contributed by atoms with E-state index >= 15 is 0 Å². The van der Waals surface area contributed by atoms with Crippen molar-refractivity contribution in [3.8, 4) is 17.4 Å². The summed E-state index contributed by atoms with van der Waals surface area (Å²) in [7, 11) is 0. The number of nitrogens with one attached hydrogen (secondary N) is 1. The van der Waals surface area contributed by atoms with Gasteiger partial charge in [-0.3, -0.25) is 14.9 Å². The first kappa shape index (κ1) is 23.5. The molecule has 0 unspecified atom stereocenters. The predicted molar refractivity (Wildman–Crippen MR) is 131 cm³/mol. The van der Waals surface area contributed by atoms with Crippen molar-refractivity contribution in [1.82, 2.24) is 14.9 Å². The van der Waals surface area contributed by atoms with E-state index in [4.69, 9.17) is 25.8 Å². The average Bonchev–Trinajstić information content (AvgIpc) is 3.45. The molecule has 0 radical (unpaired) electrons. The molecule has 2 aromatic heterocycles. The molecular formula is C24H23ClN4O5S. The first-order valence-electron chi connectivity index (χ1n) is 11.2. The molecule has 0 saturated carbocycles. The Labute approximate surface area is 211 Å². The second-order valence-corrected chi connectivity index (χ2v) is 9.57. The Balaban J connectivity index is 1.39. The third-order valence-corrected chi connectivity index (χ3v) is 6.73. The lowest BCUT2D eigenvalue weighted by atomic mass is 10.1. The number of ether oxygens (including phenoxy) is 3. The minimum absolute atomic E-state index is 0.109. The van der Waals surface area contributed by atoms with E-state index in [0.717, 1.165) is 31.6 Å². The fourth-order valence-corrected chi connectivity index (χ4v) is 4.53. The van der Waals surface area contributed by atoms with Gasteiger partial charge < -0.3 is 19.1 Å². The van der Waals surface area contributed by atoms with Gasteiger partial charge in [0.2, 0.25) is 5.88 Å². The van der Waals surface area contributed by atoms with Gasteiger partial charge in [-0.2, -0.15) is 0 Å². The molecule has 0 bridgehead atoms. The second kappa shape index (κ2) is 10.2. The first-order chi connectivity index (χ1) is 16.9. The fourth-order valence-electron chi connectivity index (χ4n) is 3.64. The van der Waals surface area contributed by atoms with Crippen LogP contribution in [0.2, 0.25) is 5.02 Å². The van der Waals surface area contributed by atoms with Crippen LogP contribution in [0.4, 0.5) is 5.13 Å². The Hall–Kier alpha value is -3.21. The zero-order valence-corrected chi connectivity index (χ0v) is 20.5. The van der Waals surface area contributed by atoms with Crippen LogP contribution in [0.15, 0.2) is 35.8 Å². The van der Waals surface area contributed by atoms with Gasteiger partial charge in [-0.15, -0.1) is 11.3 Å². The van der Waals surface area contributed by atoms with Gasteiger partial charge in [-0.05, 0) is 31.5 Å². The van der Waals surface area contributed by atoms with E-state index in [1.165, 1.54) is 17.5 Å². The average molecular weight is 515 g/mol. The highest BCUT2D eigenvalue weighted by atomic mass is 35.5. The molecule has 1 atom stereocenters. The standard InChI is InChI=1S/C24H23ClN4O5S/c1-14-13-35-24(27-14)28-21(30)15-7-18(33-17-3-6-32-12-17)10-19(8-15)34-22-20(25)9-16(11-26-22)23(31)29-4-2-5-29/h7-11,13,17H,2-6,12H2,1H3,(H,27,28,30)/t17-/m0/s1. The predicted octanol–water partition coefficient (Wildman–Crippen LogP) is 4.56. The number of carbonyl (C=O) groups is 2. The van der Waals surface area contributed by atoms with Crippen molar-refractivity contribution in [2.75, 3.05) is 31.6 Å². The highest BCUT2D eigenvalue weighted by Crippen LogP contribution is 2.32. The molecule has 0 aliphatic carbocycles. The van der Waals surface area contributed by atoms with Crippen LogP contribution >= 0.6 is 22.9 Å². The summed E-state index contributed by atoms with van der Waals surface area (Å²) in [5.74, 6) is 0.432. The summed E-state index contributed by atoms with van der Waals surface area (Å²) >= 11 is 7.73. The normalized spacial score (nSPS) is 17.1. The molecule has 3 aromatic rings. The van der Waals surface area contributed by atoms with Crippen LogP contribution in [0.5, 0.6) is 17.4 Å². The third-order valence-electron chi connectivity index (χ3n) is 5.58. The van der Waals surface area contributed by atoms with Crippen LogP contribution in [0.3, 0.4) is 0 Å². The van der Waals surface area contributed by atoms with Crippen molar-refractivity contribution in [2.24, 2.45) is 0 Å². The highest BCUT2D eigenvalue weighted by molar-refractivity contribution is 7.13. The van der Waals surface area contributed by atoms with Crippen LogP contribution in [0, 0.1) is 6.92 Å². The van der Waals surface area contributed by atoms with Crippen molar-refractivity contribution >= 4 is 39.9 Å². The molecule has 182 valence electrons. The molecule has 2 fully saturated rings. The Morgan fingerprint density at radius 1 is 1.20 bits per heavy atom. The first-order valence-corrected chi connectivity index (χ1v) is 12.5. The van der Waals surface area contributed by atoms with Gasteiger partial charge >= 0.3 is 0 Å². The summed E-state index contributed by atoms with van der Waals surface area (Å²) in [5.41, 5.74) is 1.55. The minimum atomic E-state index is -0.355. The molecule has 5 rings (SSSR count). The number of nitrogens with zero attached hydrogens (tertiary/aromatic N) is 3. The van der Waals surface area contributed by atoms with E-state index in [-0.39, 0.29) is 28.8 Å². The van der Waals surface area contributed by atoms with E-state index in [1.807, 2.05) is 12.3 Å². The zero-order valence-electron chi connectivity index (χ0n) is 19.0. The molecule has 11 heteroatoms. The highest BCUT2D eigenvalue weighted by Gasteiger charge is 2.23. The number of anilines is 1. The zero-order chi connectivity index (χ0) is 24.4. The number of benzene rings is 1. The van der Waals surface area contributed by atoms with Gasteiger partial charge in [-0.25, -0.2) is 9.97 Å². The molecule has 2 aliphatic rings. The molecule has 35 heavy (non-hydrogen) atoms. The van der Waals surface area contributed by atoms with Gasteiger partial charge in [0.15, 0.2) is 5.13 Å². The van der Waals surface area contributed by atoms with Crippen LogP contribution in [0.1, 0.15) is 39.3 Å². The lowest BCUT2D eigenvalue weighted by Crippen LogP contribution is -2.42. The Kier molecular flexibility index (Phi) is 6.85. The monoisotopic (exact) mass is 514 g/mol. The topological polar surface area (TPSA) is 103 Å². The van der Waals surface area contributed by atoms with Crippen LogP contribution in [-0.2, 0) is 4.74 Å². The summed E-state index contributed by atoms with van der Waals surface area (Å²) in [6, 6.07) is 6.43. The molecule has 9 nitrogen and oxygen atoms in total. The van der Waals surface area contributed by atoms with Crippen LogP contribution < -0.4 is 14.8 Å². The number of hydrogen-bond donors (Lipinski definition) is 1. The van der Waals surface area contributed by atoms with E-state index in [9.17, 15) is 9.59 Å². The summed E-state index contributed by atoms with van der Waals surface area (Å²) in [5, 5.41) is 5.34. The van der Waals surface area contributed by atoms with Crippen LogP contribution in [0.25, 0.3) is 0 Å². The quantitative estimate of drug-likeness (QED) is 0.493. The largest absolute Gasteiger partial charge is 0.488 e. The number of aromatic nitrogens is 2. The lowest BCUT2D eigenvalue weighted by Gasteiger charge is -2.30. The molecule has 2 aliphatic heterocycles. The fraction of sp³-hybridized carbons (Fsp3) is 0.333. The Bertz CT molecular complexity index is 1260. The summed E-state index contributed by atoms with van der Waals surface area (Å²) in [4.78, 5) is 35.6.